The Labute approximate surface area is 145 Å². The molecule has 0 aliphatic carbocycles. The van der Waals surface area contributed by atoms with Crippen LogP contribution in [0.15, 0.2) is 53.1 Å². The highest BCUT2D eigenvalue weighted by Gasteiger charge is 2.18. The van der Waals surface area contributed by atoms with Crippen molar-refractivity contribution in [1.29, 1.82) is 0 Å². The first kappa shape index (κ1) is 16.7. The second kappa shape index (κ2) is 7.17. The van der Waals surface area contributed by atoms with Gasteiger partial charge in [0.05, 0.1) is 0 Å². The van der Waals surface area contributed by atoms with Crippen LogP contribution >= 0.6 is 0 Å². The summed E-state index contributed by atoms with van der Waals surface area (Å²) >= 11 is 0. The summed E-state index contributed by atoms with van der Waals surface area (Å²) < 4.78 is 10.8. The van der Waals surface area contributed by atoms with Crippen LogP contribution in [0.4, 0.5) is 5.95 Å². The van der Waals surface area contributed by atoms with Gasteiger partial charge in [0.2, 0.25) is 0 Å². The van der Waals surface area contributed by atoms with Gasteiger partial charge in [-0.1, -0.05) is 24.3 Å². The van der Waals surface area contributed by atoms with Crippen LogP contribution in [0.1, 0.15) is 18.1 Å². The fourth-order valence-electron chi connectivity index (χ4n) is 2.23. The van der Waals surface area contributed by atoms with Gasteiger partial charge in [0, 0.05) is 5.56 Å². The Kier molecular flexibility index (Phi) is 4.79. The summed E-state index contributed by atoms with van der Waals surface area (Å²) in [6.07, 6.45) is -0.694. The number of rotatable bonds is 5. The van der Waals surface area contributed by atoms with E-state index in [0.29, 0.717) is 11.6 Å². The maximum Gasteiger partial charge on any atom is 0.270 e. The van der Waals surface area contributed by atoms with E-state index >= 15 is 0 Å². The lowest BCUT2D eigenvalue weighted by Crippen LogP contribution is -2.30. The molecule has 0 radical (unpaired) electrons. The topological polar surface area (TPSA) is 77.2 Å². The zero-order chi connectivity index (χ0) is 17.8. The molecular weight excluding hydrogens is 318 g/mol. The molecule has 0 saturated carbocycles. The Hall–Kier alpha value is -3.15. The lowest BCUT2D eigenvalue weighted by Gasteiger charge is -2.14. The monoisotopic (exact) mass is 337 g/mol. The fraction of sp³-hybridized carbons (Fsp3) is 0.211. The van der Waals surface area contributed by atoms with Gasteiger partial charge in [0.15, 0.2) is 6.10 Å². The van der Waals surface area contributed by atoms with Gasteiger partial charge >= 0.3 is 0 Å². The van der Waals surface area contributed by atoms with Crippen LogP contribution < -0.4 is 10.1 Å². The molecule has 6 heteroatoms. The van der Waals surface area contributed by atoms with E-state index in [9.17, 15) is 4.79 Å². The van der Waals surface area contributed by atoms with Crippen molar-refractivity contribution in [2.24, 2.45) is 0 Å². The molecule has 1 aromatic heterocycles. The van der Waals surface area contributed by atoms with E-state index in [2.05, 4.69) is 15.5 Å². The minimum Gasteiger partial charge on any atom is -0.481 e. The number of carbonyl (C=O) groups excluding carboxylic acids is 1. The molecule has 1 heterocycles. The van der Waals surface area contributed by atoms with Crippen molar-refractivity contribution in [3.05, 3.63) is 59.7 Å². The normalized spacial score (nSPS) is 11.8. The molecule has 1 amide bonds. The van der Waals surface area contributed by atoms with Crippen LogP contribution in [0.25, 0.3) is 11.5 Å². The first-order chi connectivity index (χ1) is 12.0. The minimum absolute atomic E-state index is 0.111. The molecule has 25 heavy (non-hydrogen) atoms. The molecule has 0 saturated heterocycles. The van der Waals surface area contributed by atoms with Gasteiger partial charge < -0.3 is 9.26 Å². The van der Waals surface area contributed by atoms with Gasteiger partial charge in [-0.2, -0.15) is 4.98 Å². The number of aromatic nitrogens is 2. The number of anilines is 1. The maximum atomic E-state index is 12.3. The van der Waals surface area contributed by atoms with Crippen LogP contribution in [0, 0.1) is 13.8 Å². The molecule has 3 rings (SSSR count). The van der Waals surface area contributed by atoms with E-state index in [1.807, 2.05) is 62.4 Å². The lowest BCUT2D eigenvalue weighted by molar-refractivity contribution is -0.122. The number of ether oxygens (including phenoxy) is 1. The summed E-state index contributed by atoms with van der Waals surface area (Å²) in [4.78, 5) is 16.4. The second-order valence-corrected chi connectivity index (χ2v) is 5.78. The van der Waals surface area contributed by atoms with Crippen molar-refractivity contribution >= 4 is 11.9 Å². The molecule has 1 unspecified atom stereocenters. The van der Waals surface area contributed by atoms with E-state index in [4.69, 9.17) is 9.26 Å². The van der Waals surface area contributed by atoms with Crippen molar-refractivity contribution in [1.82, 2.24) is 10.1 Å². The Morgan fingerprint density at radius 2 is 1.88 bits per heavy atom. The molecular formula is C19H19N3O3. The average Bonchev–Trinajstić information content (AvgIpc) is 3.07. The van der Waals surface area contributed by atoms with E-state index in [1.165, 1.54) is 5.56 Å². The highest BCUT2D eigenvalue weighted by atomic mass is 16.5. The van der Waals surface area contributed by atoms with E-state index < -0.39 is 6.10 Å². The summed E-state index contributed by atoms with van der Waals surface area (Å²) in [6.45, 7) is 5.69. The first-order valence-electron chi connectivity index (χ1n) is 7.97. The zero-order valence-corrected chi connectivity index (χ0v) is 14.3. The number of amides is 1. The van der Waals surface area contributed by atoms with E-state index in [0.717, 1.165) is 11.1 Å². The van der Waals surface area contributed by atoms with E-state index in [-0.39, 0.29) is 11.9 Å². The molecule has 0 aliphatic heterocycles. The molecule has 6 nitrogen and oxygen atoms in total. The summed E-state index contributed by atoms with van der Waals surface area (Å²) in [5, 5.41) is 6.37. The van der Waals surface area contributed by atoms with Gasteiger partial charge in [-0.05, 0) is 61.3 Å². The average molecular weight is 337 g/mol. The summed E-state index contributed by atoms with van der Waals surface area (Å²) in [5.74, 6) is 0.750. The summed E-state index contributed by atoms with van der Waals surface area (Å²) in [6, 6.07) is 15.0. The molecule has 0 aliphatic rings. The van der Waals surface area contributed by atoms with Crippen molar-refractivity contribution in [2.75, 3.05) is 5.32 Å². The summed E-state index contributed by atoms with van der Waals surface area (Å²) in [7, 11) is 0. The highest BCUT2D eigenvalue weighted by molar-refractivity contribution is 5.92. The van der Waals surface area contributed by atoms with Gasteiger partial charge in [-0.15, -0.1) is 0 Å². The van der Waals surface area contributed by atoms with Crippen LogP contribution in [0.2, 0.25) is 0 Å². The minimum atomic E-state index is -0.694. The molecule has 128 valence electrons. The van der Waals surface area contributed by atoms with Crippen molar-refractivity contribution < 1.29 is 14.1 Å². The van der Waals surface area contributed by atoms with Crippen LogP contribution in [0.3, 0.4) is 0 Å². The maximum absolute atomic E-state index is 12.3. The third-order valence-corrected chi connectivity index (χ3v) is 3.84. The van der Waals surface area contributed by atoms with Crippen molar-refractivity contribution in [2.45, 2.75) is 26.9 Å². The first-order valence-corrected chi connectivity index (χ1v) is 7.97. The number of hydrogen-bond donors (Lipinski definition) is 1. The summed E-state index contributed by atoms with van der Waals surface area (Å²) in [5.41, 5.74) is 3.07. The Bertz CT molecular complexity index is 875. The molecule has 1 N–H and O–H groups in total. The molecule has 0 bridgehead atoms. The van der Waals surface area contributed by atoms with Gasteiger partial charge in [-0.3, -0.25) is 10.1 Å². The Morgan fingerprint density at radius 1 is 1.12 bits per heavy atom. The lowest BCUT2D eigenvalue weighted by atomic mass is 10.1. The number of nitrogens with zero attached hydrogens (tertiary/aromatic N) is 2. The fourth-order valence-corrected chi connectivity index (χ4v) is 2.23. The molecule has 1 atom stereocenters. The Balaban J connectivity index is 1.63. The smallest absolute Gasteiger partial charge is 0.270 e. The third-order valence-electron chi connectivity index (χ3n) is 3.84. The van der Waals surface area contributed by atoms with Crippen molar-refractivity contribution in [3.8, 4) is 17.2 Å². The van der Waals surface area contributed by atoms with Crippen LogP contribution in [-0.2, 0) is 4.79 Å². The zero-order valence-electron chi connectivity index (χ0n) is 14.3. The number of nitrogens with one attached hydrogen (secondary N) is 1. The predicted octanol–water partition coefficient (Wildman–Crippen LogP) is 3.76. The predicted molar refractivity (Wildman–Crippen MR) is 94.4 cm³/mol. The van der Waals surface area contributed by atoms with Crippen LogP contribution in [0.5, 0.6) is 5.75 Å². The van der Waals surface area contributed by atoms with Gasteiger partial charge in [0.25, 0.3) is 17.7 Å². The quantitative estimate of drug-likeness (QED) is 0.767. The standard InChI is InChI=1S/C19H19N3O3/c1-12-9-10-16(11-13(12)2)24-14(3)17(23)20-19-21-18(25-22-19)15-7-5-4-6-8-15/h4-11,14H,1-3H3,(H,20,22,23). The van der Waals surface area contributed by atoms with Crippen molar-refractivity contribution in [3.63, 3.8) is 0 Å². The number of carbonyl (C=O) groups is 1. The number of hydrogen-bond acceptors (Lipinski definition) is 5. The van der Waals surface area contributed by atoms with Gasteiger partial charge in [0.1, 0.15) is 5.75 Å². The second-order valence-electron chi connectivity index (χ2n) is 5.78. The van der Waals surface area contributed by atoms with E-state index in [1.54, 1.807) is 6.92 Å². The van der Waals surface area contributed by atoms with Gasteiger partial charge in [-0.25, -0.2) is 0 Å². The molecule has 2 aromatic carbocycles. The number of aryl methyl sites for hydroxylation is 2. The largest absolute Gasteiger partial charge is 0.481 e. The molecule has 0 fully saturated rings. The SMILES string of the molecule is Cc1ccc(OC(C)C(=O)Nc2noc(-c3ccccc3)n2)cc1C. The highest BCUT2D eigenvalue weighted by Crippen LogP contribution is 2.19. The Morgan fingerprint density at radius 3 is 2.60 bits per heavy atom. The molecule has 0 spiro atoms. The molecule has 3 aromatic rings. The third kappa shape index (κ3) is 4.03. The van der Waals surface area contributed by atoms with Crippen LogP contribution in [-0.4, -0.2) is 22.2 Å². The number of benzene rings is 2.